The molecule has 0 aliphatic carbocycles. The second-order valence-corrected chi connectivity index (χ2v) is 19.4. The molecule has 0 unspecified atom stereocenters. The first kappa shape index (κ1) is 45.3. The smallest absolute Gasteiger partial charge is 0.374 e. The van der Waals surface area contributed by atoms with Gasteiger partial charge in [0.15, 0.2) is 22.0 Å². The van der Waals surface area contributed by atoms with Gasteiger partial charge in [-0.15, -0.1) is 0 Å². The SMILES string of the molecule is CCCCSc1nc(CCCCc2nc(SCCCC)n(CCC[Si](OCC)(OCC)OCC)n2)nn1CCC[Si](OCC)(OCC)OCC. The standard InChI is InChI=1S/C34H68N6O6S2Si2/c1-9-17-27-47-33-35-31(37-39(33)25-21-29-49(41-11-3,42-12-4)43-13-5)23-19-20-24-32-36-34(48-28-18-10-2)40(38-32)26-22-30-50(44-14-6,45-15-7)46-16-8/h9-30H2,1-8H3. The fourth-order valence-electron chi connectivity index (χ4n) is 5.54. The molecule has 0 fully saturated rings. The zero-order valence-corrected chi connectivity index (χ0v) is 36.1. The Bertz CT molecular complexity index is 1030. The minimum atomic E-state index is -2.69. The Balaban J connectivity index is 2.03. The summed E-state index contributed by atoms with van der Waals surface area (Å²) in [4.78, 5) is 9.94. The van der Waals surface area contributed by atoms with Crippen molar-refractivity contribution in [2.24, 2.45) is 0 Å². The molecule has 0 aromatic carbocycles. The highest BCUT2D eigenvalue weighted by atomic mass is 32.2. The minimum Gasteiger partial charge on any atom is -0.374 e. The van der Waals surface area contributed by atoms with Crippen LogP contribution in [-0.4, -0.2) is 98.3 Å². The van der Waals surface area contributed by atoms with E-state index in [1.54, 1.807) is 23.5 Å². The molecule has 0 spiro atoms. The maximum absolute atomic E-state index is 6.08. The third kappa shape index (κ3) is 16.5. The summed E-state index contributed by atoms with van der Waals surface area (Å²) in [6, 6.07) is 1.53. The van der Waals surface area contributed by atoms with Gasteiger partial charge in [-0.2, -0.15) is 10.2 Å². The lowest BCUT2D eigenvalue weighted by atomic mass is 10.2. The van der Waals surface area contributed by atoms with E-state index in [0.29, 0.717) is 39.6 Å². The molecule has 16 heteroatoms. The van der Waals surface area contributed by atoms with E-state index in [2.05, 4.69) is 23.2 Å². The number of hydrogen-bond donors (Lipinski definition) is 0. The Kier molecular flexibility index (Phi) is 24.4. The molecular formula is C34H68N6O6S2Si2. The van der Waals surface area contributed by atoms with Crippen molar-refractivity contribution in [3.8, 4) is 0 Å². The van der Waals surface area contributed by atoms with Crippen molar-refractivity contribution < 1.29 is 26.6 Å². The Labute approximate surface area is 314 Å². The van der Waals surface area contributed by atoms with Crippen molar-refractivity contribution in [1.82, 2.24) is 29.5 Å². The Hall–Kier alpha value is -0.826. The molecule has 0 aliphatic heterocycles. The van der Waals surface area contributed by atoms with Crippen molar-refractivity contribution in [2.75, 3.05) is 51.1 Å². The molecule has 50 heavy (non-hydrogen) atoms. The molecule has 0 saturated carbocycles. The number of rotatable bonds is 33. The first-order valence-electron chi connectivity index (χ1n) is 19.3. The van der Waals surface area contributed by atoms with Gasteiger partial charge in [0.05, 0.1) is 0 Å². The first-order chi connectivity index (χ1) is 24.4. The zero-order chi connectivity index (χ0) is 36.5. The molecule has 0 N–H and O–H groups in total. The van der Waals surface area contributed by atoms with Crippen LogP contribution >= 0.6 is 23.5 Å². The summed E-state index contributed by atoms with van der Waals surface area (Å²) in [6.45, 7) is 21.5. The number of hydrogen-bond acceptors (Lipinski definition) is 12. The Morgan fingerprint density at radius 3 is 1.12 bits per heavy atom. The van der Waals surface area contributed by atoms with Gasteiger partial charge >= 0.3 is 17.6 Å². The molecule has 12 nitrogen and oxygen atoms in total. The van der Waals surface area contributed by atoms with Crippen LogP contribution in [0.25, 0.3) is 0 Å². The van der Waals surface area contributed by atoms with Crippen LogP contribution < -0.4 is 0 Å². The fourth-order valence-corrected chi connectivity index (χ4v) is 12.9. The van der Waals surface area contributed by atoms with E-state index in [4.69, 9.17) is 46.7 Å². The highest BCUT2D eigenvalue weighted by Crippen LogP contribution is 2.24. The van der Waals surface area contributed by atoms with Crippen LogP contribution in [0.1, 0.15) is 118 Å². The monoisotopic (exact) mass is 776 g/mol. The van der Waals surface area contributed by atoms with E-state index in [1.807, 2.05) is 41.5 Å². The molecule has 2 heterocycles. The summed E-state index contributed by atoms with van der Waals surface area (Å²) in [7, 11) is -5.37. The van der Waals surface area contributed by atoms with E-state index in [-0.39, 0.29) is 0 Å². The van der Waals surface area contributed by atoms with Crippen molar-refractivity contribution >= 4 is 41.1 Å². The third-order valence-corrected chi connectivity index (χ3v) is 16.2. The van der Waals surface area contributed by atoms with Gasteiger partial charge in [-0.1, -0.05) is 50.2 Å². The first-order valence-corrected chi connectivity index (χ1v) is 25.2. The molecular weight excluding hydrogens is 709 g/mol. The Morgan fingerprint density at radius 1 is 0.480 bits per heavy atom. The largest absolute Gasteiger partial charge is 0.500 e. The molecule has 0 saturated heterocycles. The third-order valence-electron chi connectivity index (χ3n) is 7.76. The van der Waals surface area contributed by atoms with Crippen LogP contribution in [0.4, 0.5) is 0 Å². The lowest BCUT2D eigenvalue weighted by molar-refractivity contribution is 0.0696. The average molecular weight is 777 g/mol. The summed E-state index contributed by atoms with van der Waals surface area (Å²) in [6.07, 6.45) is 10.0. The summed E-state index contributed by atoms with van der Waals surface area (Å²) in [5.74, 6) is 3.91. The van der Waals surface area contributed by atoms with Crippen LogP contribution in [0.2, 0.25) is 12.1 Å². The topological polar surface area (TPSA) is 117 Å². The van der Waals surface area contributed by atoms with Crippen molar-refractivity contribution in [2.45, 2.75) is 155 Å². The summed E-state index contributed by atoms with van der Waals surface area (Å²) in [5.41, 5.74) is 0. The van der Waals surface area contributed by atoms with Gasteiger partial charge in [0.2, 0.25) is 0 Å². The summed E-state index contributed by atoms with van der Waals surface area (Å²) in [5, 5.41) is 11.9. The Morgan fingerprint density at radius 2 is 0.820 bits per heavy atom. The summed E-state index contributed by atoms with van der Waals surface area (Å²) < 4.78 is 40.6. The van der Waals surface area contributed by atoms with E-state index in [0.717, 1.165) is 123 Å². The van der Waals surface area contributed by atoms with Gasteiger partial charge in [0, 0.05) is 89.2 Å². The molecule has 0 atom stereocenters. The van der Waals surface area contributed by atoms with E-state index < -0.39 is 17.6 Å². The van der Waals surface area contributed by atoms with Gasteiger partial charge in [-0.25, -0.2) is 19.3 Å². The van der Waals surface area contributed by atoms with E-state index >= 15 is 0 Å². The predicted octanol–water partition coefficient (Wildman–Crippen LogP) is 8.10. The van der Waals surface area contributed by atoms with Crippen LogP contribution in [0.5, 0.6) is 0 Å². The molecule has 0 aliphatic rings. The van der Waals surface area contributed by atoms with E-state index in [9.17, 15) is 0 Å². The van der Waals surface area contributed by atoms with Gasteiger partial charge in [-0.05, 0) is 80.1 Å². The molecule has 2 aromatic rings. The lowest BCUT2D eigenvalue weighted by Gasteiger charge is -2.28. The van der Waals surface area contributed by atoms with E-state index in [1.165, 1.54) is 0 Å². The quantitative estimate of drug-likeness (QED) is 0.0396. The zero-order valence-electron chi connectivity index (χ0n) is 32.5. The van der Waals surface area contributed by atoms with Gasteiger partial charge in [0.1, 0.15) is 0 Å². The van der Waals surface area contributed by atoms with Crippen molar-refractivity contribution in [1.29, 1.82) is 0 Å². The highest BCUT2D eigenvalue weighted by Gasteiger charge is 2.40. The molecule has 0 amide bonds. The van der Waals surface area contributed by atoms with Crippen LogP contribution in [0.3, 0.4) is 0 Å². The van der Waals surface area contributed by atoms with Crippen LogP contribution in [0.15, 0.2) is 10.3 Å². The summed E-state index contributed by atoms with van der Waals surface area (Å²) >= 11 is 3.61. The average Bonchev–Trinajstić information content (AvgIpc) is 3.67. The lowest BCUT2D eigenvalue weighted by Crippen LogP contribution is -2.46. The van der Waals surface area contributed by atoms with Gasteiger partial charge in [-0.3, -0.25) is 0 Å². The fraction of sp³-hybridized carbons (Fsp3) is 0.882. The van der Waals surface area contributed by atoms with Crippen LogP contribution in [-0.2, 0) is 52.5 Å². The van der Waals surface area contributed by atoms with Crippen molar-refractivity contribution in [3.63, 3.8) is 0 Å². The molecule has 290 valence electrons. The maximum atomic E-state index is 6.08. The maximum Gasteiger partial charge on any atom is 0.500 e. The molecule has 0 bridgehead atoms. The number of aromatic nitrogens is 6. The molecule has 2 aromatic heterocycles. The number of unbranched alkanes of at least 4 members (excludes halogenated alkanes) is 3. The van der Waals surface area contributed by atoms with Gasteiger partial charge in [0.25, 0.3) is 0 Å². The molecule has 2 rings (SSSR count). The highest BCUT2D eigenvalue weighted by molar-refractivity contribution is 7.99. The number of aryl methyl sites for hydroxylation is 4. The molecule has 0 radical (unpaired) electrons. The predicted molar refractivity (Wildman–Crippen MR) is 208 cm³/mol. The van der Waals surface area contributed by atoms with Gasteiger partial charge < -0.3 is 26.6 Å². The normalized spacial score (nSPS) is 12.4. The second kappa shape index (κ2) is 26.9. The minimum absolute atomic E-state index is 0.589. The van der Waals surface area contributed by atoms with Crippen molar-refractivity contribution in [3.05, 3.63) is 11.6 Å². The van der Waals surface area contributed by atoms with Crippen LogP contribution in [0, 0.1) is 0 Å². The second-order valence-electron chi connectivity index (χ2n) is 11.8. The number of nitrogens with zero attached hydrogens (tertiary/aromatic N) is 6. The number of thioether (sulfide) groups is 2.